The summed E-state index contributed by atoms with van der Waals surface area (Å²) in [6.07, 6.45) is 2.87. The van der Waals surface area contributed by atoms with E-state index in [2.05, 4.69) is 13.8 Å². The number of ether oxygens (including phenoxy) is 1. The number of hydrogen-bond acceptors (Lipinski definition) is 4. The second kappa shape index (κ2) is 7.10. The fraction of sp³-hybridized carbons (Fsp3) is 0.947. The summed E-state index contributed by atoms with van der Waals surface area (Å²) >= 11 is 0. The number of carbonyl (C=O) groups is 1. The average molecular weight is 326 g/mol. The summed E-state index contributed by atoms with van der Waals surface area (Å²) < 4.78 is 5.60. The van der Waals surface area contributed by atoms with E-state index < -0.39 is 17.8 Å². The maximum atomic E-state index is 12.5. The summed E-state index contributed by atoms with van der Waals surface area (Å²) in [6.45, 7) is 9.98. The molecule has 23 heavy (non-hydrogen) atoms. The van der Waals surface area contributed by atoms with Gasteiger partial charge in [-0.25, -0.2) is 0 Å². The lowest BCUT2D eigenvalue weighted by Gasteiger charge is -2.51. The quantitative estimate of drug-likeness (QED) is 0.782. The van der Waals surface area contributed by atoms with Crippen molar-refractivity contribution in [3.05, 3.63) is 0 Å². The van der Waals surface area contributed by atoms with Crippen LogP contribution in [0.5, 0.6) is 0 Å². The van der Waals surface area contributed by atoms with Crippen molar-refractivity contribution >= 4 is 5.97 Å². The van der Waals surface area contributed by atoms with Crippen LogP contribution in [0, 0.1) is 29.6 Å². The highest BCUT2D eigenvalue weighted by Crippen LogP contribution is 2.51. The van der Waals surface area contributed by atoms with Crippen molar-refractivity contribution in [2.45, 2.75) is 84.5 Å². The van der Waals surface area contributed by atoms with E-state index in [1.807, 2.05) is 20.8 Å². The summed E-state index contributed by atoms with van der Waals surface area (Å²) in [5.41, 5.74) is -0.454. The highest BCUT2D eigenvalue weighted by molar-refractivity contribution is 5.73. The van der Waals surface area contributed by atoms with Crippen LogP contribution in [0.1, 0.15) is 66.7 Å². The molecule has 2 aliphatic carbocycles. The van der Waals surface area contributed by atoms with Crippen LogP contribution in [0.4, 0.5) is 0 Å². The molecule has 0 amide bonds. The van der Waals surface area contributed by atoms with Crippen LogP contribution >= 0.6 is 0 Å². The van der Waals surface area contributed by atoms with Crippen molar-refractivity contribution in [3.8, 4) is 0 Å². The third kappa shape index (κ3) is 4.08. The zero-order chi connectivity index (χ0) is 17.4. The lowest BCUT2D eigenvalue weighted by Crippen LogP contribution is -2.52. The van der Waals surface area contributed by atoms with Gasteiger partial charge in [0.15, 0.2) is 0 Å². The Labute approximate surface area is 140 Å². The van der Waals surface area contributed by atoms with Crippen molar-refractivity contribution in [1.82, 2.24) is 0 Å². The monoisotopic (exact) mass is 326 g/mol. The van der Waals surface area contributed by atoms with Crippen molar-refractivity contribution in [3.63, 3.8) is 0 Å². The van der Waals surface area contributed by atoms with E-state index in [1.165, 1.54) is 0 Å². The molecule has 134 valence electrons. The number of fused-ring (bicyclic) bond motifs is 1. The molecule has 2 aliphatic rings. The first-order valence-corrected chi connectivity index (χ1v) is 9.26. The SMILES string of the molecule is CCC1CC(C(=O)OC(C)(C)C)CC2C[C@H](O)[C@H](O)C(CC)C12. The molecule has 0 heterocycles. The van der Waals surface area contributed by atoms with Gasteiger partial charge in [0.25, 0.3) is 0 Å². The largest absolute Gasteiger partial charge is 0.460 e. The first-order chi connectivity index (χ1) is 10.7. The van der Waals surface area contributed by atoms with Crippen LogP contribution < -0.4 is 0 Å². The molecule has 0 spiro atoms. The summed E-state index contributed by atoms with van der Waals surface area (Å²) in [7, 11) is 0. The Morgan fingerprint density at radius 3 is 2.26 bits per heavy atom. The van der Waals surface area contributed by atoms with Gasteiger partial charge < -0.3 is 14.9 Å². The smallest absolute Gasteiger partial charge is 0.309 e. The second-order valence-electron chi connectivity index (χ2n) is 8.57. The molecule has 0 aromatic carbocycles. The third-order valence-electron chi connectivity index (χ3n) is 5.87. The van der Waals surface area contributed by atoms with Gasteiger partial charge in [-0.05, 0) is 63.7 Å². The number of esters is 1. The molecule has 2 N–H and O–H groups in total. The predicted octanol–water partition coefficient (Wildman–Crippen LogP) is 3.15. The van der Waals surface area contributed by atoms with E-state index in [9.17, 15) is 15.0 Å². The van der Waals surface area contributed by atoms with E-state index in [1.54, 1.807) is 0 Å². The number of rotatable bonds is 3. The Kier molecular flexibility index (Phi) is 5.78. The summed E-state index contributed by atoms with van der Waals surface area (Å²) in [5.74, 6) is 1.15. The molecule has 4 nitrogen and oxygen atoms in total. The maximum Gasteiger partial charge on any atom is 0.309 e. The molecule has 2 rings (SSSR count). The number of carbonyl (C=O) groups excluding carboxylic acids is 1. The van der Waals surface area contributed by atoms with E-state index in [0.29, 0.717) is 24.2 Å². The minimum atomic E-state index is -0.656. The zero-order valence-electron chi connectivity index (χ0n) is 15.3. The van der Waals surface area contributed by atoms with Crippen LogP contribution in [-0.2, 0) is 9.53 Å². The molecule has 2 saturated carbocycles. The number of hydrogen-bond donors (Lipinski definition) is 2. The topological polar surface area (TPSA) is 66.8 Å². The standard InChI is InChI=1S/C19H34O4/c1-6-11-8-13(18(22)23-19(3,4)5)9-12-10-15(20)17(21)14(7-2)16(11)12/h11-17,20-21H,6-10H2,1-5H3/t11?,12?,13?,14?,15-,16?,17+/m0/s1. The zero-order valence-corrected chi connectivity index (χ0v) is 15.3. The lowest BCUT2D eigenvalue weighted by molar-refractivity contribution is -0.168. The van der Waals surface area contributed by atoms with Crippen molar-refractivity contribution in [2.75, 3.05) is 0 Å². The molecule has 0 aliphatic heterocycles. The molecule has 2 fully saturated rings. The van der Waals surface area contributed by atoms with Crippen LogP contribution in [0.25, 0.3) is 0 Å². The van der Waals surface area contributed by atoms with Crippen molar-refractivity contribution < 1.29 is 19.7 Å². The number of aliphatic hydroxyl groups excluding tert-OH is 2. The highest BCUT2D eigenvalue weighted by Gasteiger charge is 2.50. The van der Waals surface area contributed by atoms with E-state index in [4.69, 9.17) is 4.74 Å². The Bertz CT molecular complexity index is 414. The Hall–Kier alpha value is -0.610. The third-order valence-corrected chi connectivity index (χ3v) is 5.87. The molecule has 4 heteroatoms. The molecule has 0 aromatic heterocycles. The molecule has 5 unspecified atom stereocenters. The van der Waals surface area contributed by atoms with Crippen LogP contribution in [0.3, 0.4) is 0 Å². The van der Waals surface area contributed by atoms with Gasteiger partial charge in [0.1, 0.15) is 5.60 Å². The van der Waals surface area contributed by atoms with Gasteiger partial charge in [-0.1, -0.05) is 26.7 Å². The lowest BCUT2D eigenvalue weighted by atomic mass is 9.56. The van der Waals surface area contributed by atoms with Gasteiger partial charge in [0.2, 0.25) is 0 Å². The van der Waals surface area contributed by atoms with Gasteiger partial charge in [0.05, 0.1) is 18.1 Å². The molecule has 0 bridgehead atoms. The van der Waals surface area contributed by atoms with Crippen molar-refractivity contribution in [2.24, 2.45) is 29.6 Å². The molecule has 0 saturated heterocycles. The fourth-order valence-corrected chi connectivity index (χ4v) is 4.97. The summed E-state index contributed by atoms with van der Waals surface area (Å²) in [4.78, 5) is 12.5. The minimum absolute atomic E-state index is 0.0691. The first kappa shape index (κ1) is 18.7. The predicted molar refractivity (Wildman–Crippen MR) is 89.7 cm³/mol. The van der Waals surface area contributed by atoms with Gasteiger partial charge in [0, 0.05) is 0 Å². The Morgan fingerprint density at radius 2 is 1.74 bits per heavy atom. The van der Waals surface area contributed by atoms with E-state index in [-0.39, 0.29) is 17.8 Å². The maximum absolute atomic E-state index is 12.5. The molecule has 0 radical (unpaired) electrons. The van der Waals surface area contributed by atoms with E-state index in [0.717, 1.165) is 25.7 Å². The summed E-state index contributed by atoms with van der Waals surface area (Å²) in [5, 5.41) is 20.6. The molecule has 7 atom stereocenters. The Balaban J connectivity index is 2.16. The van der Waals surface area contributed by atoms with Gasteiger partial charge in [-0.2, -0.15) is 0 Å². The van der Waals surface area contributed by atoms with E-state index >= 15 is 0 Å². The van der Waals surface area contributed by atoms with Crippen LogP contribution in [0.15, 0.2) is 0 Å². The molecular formula is C19H34O4. The summed E-state index contributed by atoms with van der Waals surface area (Å²) in [6, 6.07) is 0. The van der Waals surface area contributed by atoms with Gasteiger partial charge >= 0.3 is 5.97 Å². The normalized spacial score (nSPS) is 41.3. The van der Waals surface area contributed by atoms with Gasteiger partial charge in [-0.15, -0.1) is 0 Å². The fourth-order valence-electron chi connectivity index (χ4n) is 4.97. The highest BCUT2D eigenvalue weighted by atomic mass is 16.6. The molecular weight excluding hydrogens is 292 g/mol. The first-order valence-electron chi connectivity index (χ1n) is 9.26. The minimum Gasteiger partial charge on any atom is -0.460 e. The number of aliphatic hydroxyl groups is 2. The second-order valence-corrected chi connectivity index (χ2v) is 8.57. The Morgan fingerprint density at radius 1 is 1.09 bits per heavy atom. The van der Waals surface area contributed by atoms with Crippen LogP contribution in [-0.4, -0.2) is 34.0 Å². The molecule has 0 aromatic rings. The van der Waals surface area contributed by atoms with Crippen LogP contribution in [0.2, 0.25) is 0 Å². The van der Waals surface area contributed by atoms with Crippen molar-refractivity contribution in [1.29, 1.82) is 0 Å². The average Bonchev–Trinajstić information content (AvgIpc) is 2.45. The van der Waals surface area contributed by atoms with Gasteiger partial charge in [-0.3, -0.25) is 4.79 Å².